The first-order valence-electron chi connectivity index (χ1n) is 7.30. The van der Waals surface area contributed by atoms with Gasteiger partial charge in [0.05, 0.1) is 11.3 Å². The number of pyridine rings is 1. The number of aliphatic hydroxyl groups is 1. The Bertz CT molecular complexity index is 525. The molecule has 2 atom stereocenters. The molecule has 116 valence electrons. The third kappa shape index (κ3) is 4.68. The molecular formula is C16H22ClNO3. The second kappa shape index (κ2) is 6.32. The molecular weight excluding hydrogens is 290 g/mol. The number of esters is 1. The van der Waals surface area contributed by atoms with Gasteiger partial charge in [0.25, 0.3) is 0 Å². The Hall–Kier alpha value is -1.13. The lowest BCUT2D eigenvalue weighted by Crippen LogP contribution is -2.24. The Kier molecular flexibility index (Phi) is 4.89. The van der Waals surface area contributed by atoms with Gasteiger partial charge in [-0.2, -0.15) is 0 Å². The smallest absolute Gasteiger partial charge is 0.340 e. The number of rotatable bonds is 5. The highest BCUT2D eigenvalue weighted by Crippen LogP contribution is 2.41. The standard InChI is InChI=1S/C16H22ClNO3/c1-16(2,3)21-15(20)12-5-7-14(17)18-13(12)6-4-10-8-11(10)9-19/h5,7,10-11,19H,4,6,8-9H2,1-3H3/t10-,11+/m1/s1. The molecule has 0 unspecified atom stereocenters. The molecule has 0 spiro atoms. The molecule has 5 heteroatoms. The van der Waals surface area contributed by atoms with Gasteiger partial charge in [0.2, 0.25) is 0 Å². The highest BCUT2D eigenvalue weighted by Gasteiger charge is 2.36. The van der Waals surface area contributed by atoms with Gasteiger partial charge in [0.1, 0.15) is 10.8 Å². The van der Waals surface area contributed by atoms with Crippen molar-refractivity contribution < 1.29 is 14.6 Å². The van der Waals surface area contributed by atoms with Gasteiger partial charge in [-0.05, 0) is 64.0 Å². The van der Waals surface area contributed by atoms with Crippen molar-refractivity contribution in [3.8, 4) is 0 Å². The van der Waals surface area contributed by atoms with Crippen LogP contribution in [0.3, 0.4) is 0 Å². The molecule has 1 N–H and O–H groups in total. The van der Waals surface area contributed by atoms with Crippen molar-refractivity contribution in [2.45, 2.75) is 45.6 Å². The average Bonchev–Trinajstić information content (AvgIpc) is 3.12. The van der Waals surface area contributed by atoms with Crippen LogP contribution in [0, 0.1) is 11.8 Å². The van der Waals surface area contributed by atoms with Crippen LogP contribution in [0.1, 0.15) is 49.7 Å². The molecule has 1 saturated carbocycles. The van der Waals surface area contributed by atoms with E-state index in [-0.39, 0.29) is 12.6 Å². The van der Waals surface area contributed by atoms with E-state index in [2.05, 4.69) is 4.98 Å². The largest absolute Gasteiger partial charge is 0.456 e. The summed E-state index contributed by atoms with van der Waals surface area (Å²) in [7, 11) is 0. The second-order valence-corrected chi connectivity index (χ2v) is 6.99. The molecule has 0 saturated heterocycles. The van der Waals surface area contributed by atoms with Crippen LogP contribution in [-0.2, 0) is 11.2 Å². The summed E-state index contributed by atoms with van der Waals surface area (Å²) in [4.78, 5) is 16.5. The van der Waals surface area contributed by atoms with E-state index in [1.54, 1.807) is 12.1 Å². The third-order valence-electron chi connectivity index (χ3n) is 3.61. The van der Waals surface area contributed by atoms with E-state index in [4.69, 9.17) is 21.4 Å². The molecule has 0 aliphatic heterocycles. The van der Waals surface area contributed by atoms with Crippen LogP contribution in [0.5, 0.6) is 0 Å². The lowest BCUT2D eigenvalue weighted by molar-refractivity contribution is 0.00677. The van der Waals surface area contributed by atoms with Crippen molar-refractivity contribution >= 4 is 17.6 Å². The topological polar surface area (TPSA) is 59.4 Å². The Morgan fingerprint density at radius 2 is 2.14 bits per heavy atom. The van der Waals surface area contributed by atoms with Gasteiger partial charge in [-0.15, -0.1) is 0 Å². The van der Waals surface area contributed by atoms with Crippen molar-refractivity contribution in [1.29, 1.82) is 0 Å². The maximum atomic E-state index is 12.2. The minimum absolute atomic E-state index is 0.243. The van der Waals surface area contributed by atoms with Gasteiger partial charge in [-0.25, -0.2) is 9.78 Å². The minimum Gasteiger partial charge on any atom is -0.456 e. The minimum atomic E-state index is -0.535. The summed E-state index contributed by atoms with van der Waals surface area (Å²) in [5, 5.41) is 9.46. The van der Waals surface area contributed by atoms with Crippen LogP contribution >= 0.6 is 11.6 Å². The van der Waals surface area contributed by atoms with Gasteiger partial charge in [-0.3, -0.25) is 0 Å². The van der Waals surface area contributed by atoms with E-state index in [1.165, 1.54) is 0 Å². The van der Waals surface area contributed by atoms with Crippen LogP contribution in [-0.4, -0.2) is 28.3 Å². The highest BCUT2D eigenvalue weighted by atomic mass is 35.5. The number of hydrogen-bond acceptors (Lipinski definition) is 4. The number of aliphatic hydroxyl groups excluding tert-OH is 1. The fraction of sp³-hybridized carbons (Fsp3) is 0.625. The Balaban J connectivity index is 2.08. The summed E-state index contributed by atoms with van der Waals surface area (Å²) in [6, 6.07) is 3.28. The van der Waals surface area contributed by atoms with Crippen molar-refractivity contribution in [2.75, 3.05) is 6.61 Å². The van der Waals surface area contributed by atoms with Crippen molar-refractivity contribution in [1.82, 2.24) is 4.98 Å². The number of carbonyl (C=O) groups is 1. The molecule has 0 bridgehead atoms. The summed E-state index contributed by atoms with van der Waals surface area (Å²) in [5.74, 6) is 0.576. The first kappa shape index (κ1) is 16.2. The predicted octanol–water partition coefficient (Wildman–Crippen LogP) is 3.25. The Morgan fingerprint density at radius 3 is 2.71 bits per heavy atom. The van der Waals surface area contributed by atoms with Crippen LogP contribution in [0.15, 0.2) is 12.1 Å². The molecule has 2 rings (SSSR count). The quantitative estimate of drug-likeness (QED) is 0.670. The fourth-order valence-electron chi connectivity index (χ4n) is 2.39. The first-order chi connectivity index (χ1) is 9.80. The lowest BCUT2D eigenvalue weighted by atomic mass is 10.1. The number of halogens is 1. The van der Waals surface area contributed by atoms with E-state index < -0.39 is 5.60 Å². The zero-order valence-corrected chi connectivity index (χ0v) is 13.5. The zero-order chi connectivity index (χ0) is 15.6. The van der Waals surface area contributed by atoms with Crippen molar-refractivity contribution in [2.24, 2.45) is 11.8 Å². The summed E-state index contributed by atoms with van der Waals surface area (Å²) < 4.78 is 5.41. The highest BCUT2D eigenvalue weighted by molar-refractivity contribution is 6.29. The molecule has 4 nitrogen and oxygen atoms in total. The normalized spacial score (nSPS) is 21.2. The van der Waals surface area contributed by atoms with E-state index in [9.17, 15) is 4.79 Å². The first-order valence-corrected chi connectivity index (χ1v) is 7.67. The van der Waals surface area contributed by atoms with Gasteiger partial charge in [-0.1, -0.05) is 11.6 Å². The van der Waals surface area contributed by atoms with Gasteiger partial charge >= 0.3 is 5.97 Å². The van der Waals surface area contributed by atoms with E-state index in [0.717, 1.165) is 12.8 Å². The molecule has 0 amide bonds. The second-order valence-electron chi connectivity index (χ2n) is 6.61. The zero-order valence-electron chi connectivity index (χ0n) is 12.7. The molecule has 1 aromatic heterocycles. The van der Waals surface area contributed by atoms with Crippen LogP contribution in [0.4, 0.5) is 0 Å². The number of nitrogens with zero attached hydrogens (tertiary/aromatic N) is 1. The molecule has 1 aromatic rings. The monoisotopic (exact) mass is 311 g/mol. The molecule has 21 heavy (non-hydrogen) atoms. The third-order valence-corrected chi connectivity index (χ3v) is 3.82. The molecule has 1 aliphatic rings. The summed E-state index contributed by atoms with van der Waals surface area (Å²) >= 11 is 5.94. The number of carbonyl (C=O) groups excluding carboxylic acids is 1. The molecule has 0 radical (unpaired) electrons. The van der Waals surface area contributed by atoms with Crippen LogP contribution in [0.25, 0.3) is 0 Å². The summed E-state index contributed by atoms with van der Waals surface area (Å²) in [6.07, 6.45) is 2.64. The maximum Gasteiger partial charge on any atom is 0.340 e. The molecule has 0 aromatic carbocycles. The number of hydrogen-bond donors (Lipinski definition) is 1. The lowest BCUT2D eigenvalue weighted by Gasteiger charge is -2.20. The predicted molar refractivity (Wildman–Crippen MR) is 81.4 cm³/mol. The van der Waals surface area contributed by atoms with E-state index in [1.807, 2.05) is 20.8 Å². The van der Waals surface area contributed by atoms with Crippen molar-refractivity contribution in [3.05, 3.63) is 28.5 Å². The van der Waals surface area contributed by atoms with E-state index >= 15 is 0 Å². The van der Waals surface area contributed by atoms with Gasteiger partial charge < -0.3 is 9.84 Å². The Labute approximate surface area is 130 Å². The van der Waals surface area contributed by atoms with Gasteiger partial charge in [0.15, 0.2) is 0 Å². The summed E-state index contributed by atoms with van der Waals surface area (Å²) in [6.45, 7) is 5.75. The average molecular weight is 312 g/mol. The Morgan fingerprint density at radius 1 is 1.43 bits per heavy atom. The molecule has 1 heterocycles. The summed E-state index contributed by atoms with van der Waals surface area (Å²) in [5.41, 5.74) is 0.628. The SMILES string of the molecule is CC(C)(C)OC(=O)c1ccc(Cl)nc1CC[C@@H]1C[C@H]1CO. The number of ether oxygens (including phenoxy) is 1. The maximum absolute atomic E-state index is 12.2. The van der Waals surface area contributed by atoms with Crippen molar-refractivity contribution in [3.63, 3.8) is 0 Å². The number of aryl methyl sites for hydroxylation is 1. The van der Waals surface area contributed by atoms with E-state index in [0.29, 0.717) is 34.7 Å². The molecule has 1 fully saturated rings. The molecule has 1 aliphatic carbocycles. The van der Waals surface area contributed by atoms with Gasteiger partial charge in [0, 0.05) is 6.61 Å². The van der Waals surface area contributed by atoms with Crippen LogP contribution < -0.4 is 0 Å². The number of aromatic nitrogens is 1. The fourth-order valence-corrected chi connectivity index (χ4v) is 2.56. The van der Waals surface area contributed by atoms with Crippen LogP contribution in [0.2, 0.25) is 5.15 Å².